The normalized spacial score (nSPS) is 12.2. The van der Waals surface area contributed by atoms with Crippen LogP contribution in [0.1, 0.15) is 12.5 Å². The smallest absolute Gasteiger partial charge is 0.230 e. The Bertz CT molecular complexity index is 382. The predicted octanol–water partition coefficient (Wildman–Crippen LogP) is 1.65. The molecule has 1 amide bonds. The number of ether oxygens (including phenoxy) is 1. The summed E-state index contributed by atoms with van der Waals surface area (Å²) in [7, 11) is 3.55. The topological polar surface area (TPSA) is 50.4 Å². The summed E-state index contributed by atoms with van der Waals surface area (Å²) in [6.45, 7) is 3.33. The standard InChI is InChI=1S/C14H22N2O2S/c1-11(9-18-3)16-14(17)10-19-13-6-4-12(5-7-13)8-15-2/h4-7,11,15H,8-10H2,1-3H3,(H,16,17). The number of carbonyl (C=O) groups is 1. The molecule has 106 valence electrons. The summed E-state index contributed by atoms with van der Waals surface area (Å²) in [5, 5.41) is 5.99. The van der Waals surface area contributed by atoms with E-state index in [1.807, 2.05) is 26.1 Å². The van der Waals surface area contributed by atoms with Gasteiger partial charge >= 0.3 is 0 Å². The molecule has 1 aromatic rings. The molecule has 1 rings (SSSR count). The highest BCUT2D eigenvalue weighted by atomic mass is 32.2. The fourth-order valence-electron chi connectivity index (χ4n) is 1.66. The van der Waals surface area contributed by atoms with E-state index in [9.17, 15) is 4.79 Å². The number of amides is 1. The van der Waals surface area contributed by atoms with Gasteiger partial charge in [-0.2, -0.15) is 0 Å². The number of carbonyl (C=O) groups excluding carboxylic acids is 1. The van der Waals surface area contributed by atoms with E-state index in [4.69, 9.17) is 4.74 Å². The highest BCUT2D eigenvalue weighted by Crippen LogP contribution is 2.18. The first-order valence-electron chi connectivity index (χ1n) is 6.30. The predicted molar refractivity (Wildman–Crippen MR) is 79.4 cm³/mol. The van der Waals surface area contributed by atoms with Crippen molar-refractivity contribution >= 4 is 17.7 Å². The van der Waals surface area contributed by atoms with Crippen LogP contribution in [0.4, 0.5) is 0 Å². The second kappa shape index (κ2) is 8.96. The van der Waals surface area contributed by atoms with Gasteiger partial charge in [0.1, 0.15) is 0 Å². The molecule has 0 spiro atoms. The fourth-order valence-corrected chi connectivity index (χ4v) is 2.37. The summed E-state index contributed by atoms with van der Waals surface area (Å²) in [4.78, 5) is 12.8. The van der Waals surface area contributed by atoms with Crippen molar-refractivity contribution in [3.05, 3.63) is 29.8 Å². The van der Waals surface area contributed by atoms with Crippen LogP contribution in [0.25, 0.3) is 0 Å². The minimum absolute atomic E-state index is 0.0360. The summed E-state index contributed by atoms with van der Waals surface area (Å²) in [6, 6.07) is 8.29. The molecule has 4 nitrogen and oxygen atoms in total. The third-order valence-corrected chi connectivity index (χ3v) is 3.51. The maximum Gasteiger partial charge on any atom is 0.230 e. The number of rotatable bonds is 8. The van der Waals surface area contributed by atoms with Crippen LogP contribution in [0, 0.1) is 0 Å². The van der Waals surface area contributed by atoms with Crippen LogP contribution in [-0.4, -0.2) is 38.5 Å². The van der Waals surface area contributed by atoms with E-state index >= 15 is 0 Å². The van der Waals surface area contributed by atoms with E-state index in [0.717, 1.165) is 11.4 Å². The van der Waals surface area contributed by atoms with Gasteiger partial charge in [-0.3, -0.25) is 4.79 Å². The van der Waals surface area contributed by atoms with Crippen LogP contribution in [0.3, 0.4) is 0 Å². The molecule has 1 atom stereocenters. The van der Waals surface area contributed by atoms with Gasteiger partial charge in [0.25, 0.3) is 0 Å². The van der Waals surface area contributed by atoms with Gasteiger partial charge in [0.2, 0.25) is 5.91 Å². The molecule has 0 aromatic heterocycles. The van der Waals surface area contributed by atoms with Crippen molar-refractivity contribution in [3.63, 3.8) is 0 Å². The van der Waals surface area contributed by atoms with Crippen molar-refractivity contribution in [2.75, 3.05) is 26.5 Å². The van der Waals surface area contributed by atoms with Crippen molar-refractivity contribution < 1.29 is 9.53 Å². The van der Waals surface area contributed by atoms with E-state index < -0.39 is 0 Å². The molecule has 0 heterocycles. The maximum absolute atomic E-state index is 11.7. The van der Waals surface area contributed by atoms with Crippen LogP contribution in [0.2, 0.25) is 0 Å². The highest BCUT2D eigenvalue weighted by molar-refractivity contribution is 8.00. The van der Waals surface area contributed by atoms with Crippen LogP contribution >= 0.6 is 11.8 Å². The van der Waals surface area contributed by atoms with E-state index in [2.05, 4.69) is 22.8 Å². The molecule has 1 unspecified atom stereocenters. The average molecular weight is 282 g/mol. The summed E-state index contributed by atoms with van der Waals surface area (Å²) in [6.07, 6.45) is 0. The van der Waals surface area contributed by atoms with E-state index in [-0.39, 0.29) is 11.9 Å². The fraction of sp³-hybridized carbons (Fsp3) is 0.500. The third kappa shape index (κ3) is 6.61. The molecule has 1 aromatic carbocycles. The maximum atomic E-state index is 11.7. The van der Waals surface area contributed by atoms with Gasteiger partial charge in [0.15, 0.2) is 0 Å². The van der Waals surface area contributed by atoms with Crippen LogP contribution in [-0.2, 0) is 16.1 Å². The van der Waals surface area contributed by atoms with Gasteiger partial charge in [-0.05, 0) is 31.7 Å². The van der Waals surface area contributed by atoms with Crippen LogP contribution in [0.5, 0.6) is 0 Å². The second-order valence-corrected chi connectivity index (χ2v) is 5.44. The zero-order valence-corrected chi connectivity index (χ0v) is 12.5. The summed E-state index contributed by atoms with van der Waals surface area (Å²) < 4.78 is 4.98. The van der Waals surface area contributed by atoms with Crippen molar-refractivity contribution in [1.82, 2.24) is 10.6 Å². The molecular weight excluding hydrogens is 260 g/mol. The molecule has 5 heteroatoms. The molecule has 0 fully saturated rings. The Labute approximate surface area is 119 Å². The van der Waals surface area contributed by atoms with Crippen molar-refractivity contribution in [2.45, 2.75) is 24.4 Å². The largest absolute Gasteiger partial charge is 0.383 e. The zero-order chi connectivity index (χ0) is 14.1. The molecule has 19 heavy (non-hydrogen) atoms. The lowest BCUT2D eigenvalue weighted by Crippen LogP contribution is -2.36. The lowest BCUT2D eigenvalue weighted by Gasteiger charge is -2.12. The monoisotopic (exact) mass is 282 g/mol. The summed E-state index contributed by atoms with van der Waals surface area (Å²) >= 11 is 1.54. The van der Waals surface area contributed by atoms with E-state index in [0.29, 0.717) is 12.4 Å². The Kier molecular flexibility index (Phi) is 7.55. The van der Waals surface area contributed by atoms with Gasteiger partial charge in [-0.25, -0.2) is 0 Å². The first kappa shape index (κ1) is 16.0. The van der Waals surface area contributed by atoms with Gasteiger partial charge in [-0.15, -0.1) is 11.8 Å². The molecule has 2 N–H and O–H groups in total. The van der Waals surface area contributed by atoms with Gasteiger partial charge in [0.05, 0.1) is 12.4 Å². The second-order valence-electron chi connectivity index (χ2n) is 4.39. The lowest BCUT2D eigenvalue weighted by molar-refractivity contribution is -0.119. The quantitative estimate of drug-likeness (QED) is 0.712. The number of hydrogen-bond donors (Lipinski definition) is 2. The minimum atomic E-state index is 0.0360. The number of nitrogens with one attached hydrogen (secondary N) is 2. The van der Waals surface area contributed by atoms with Crippen molar-refractivity contribution in [2.24, 2.45) is 0 Å². The summed E-state index contributed by atoms with van der Waals surface area (Å²) in [5.41, 5.74) is 1.24. The molecule has 0 aliphatic rings. The van der Waals surface area contributed by atoms with Crippen LogP contribution < -0.4 is 10.6 Å². The molecule has 0 saturated carbocycles. The van der Waals surface area contributed by atoms with Crippen molar-refractivity contribution in [3.8, 4) is 0 Å². The molecule has 0 aliphatic heterocycles. The average Bonchev–Trinajstić information content (AvgIpc) is 2.38. The zero-order valence-electron chi connectivity index (χ0n) is 11.7. The van der Waals surface area contributed by atoms with E-state index in [1.165, 1.54) is 5.56 Å². The first-order valence-corrected chi connectivity index (χ1v) is 7.29. The van der Waals surface area contributed by atoms with Gasteiger partial charge < -0.3 is 15.4 Å². The van der Waals surface area contributed by atoms with Gasteiger partial charge in [0, 0.05) is 24.6 Å². The first-order chi connectivity index (χ1) is 9.15. The Hall–Kier alpha value is -1.04. The van der Waals surface area contributed by atoms with E-state index in [1.54, 1.807) is 18.9 Å². The molecule has 0 aliphatic carbocycles. The number of benzene rings is 1. The van der Waals surface area contributed by atoms with Crippen LogP contribution in [0.15, 0.2) is 29.2 Å². The molecule has 0 saturated heterocycles. The SMILES string of the molecule is CNCc1ccc(SCC(=O)NC(C)COC)cc1. The number of methoxy groups -OCH3 is 1. The Balaban J connectivity index is 2.33. The Morgan fingerprint density at radius 2 is 2.05 bits per heavy atom. The molecule has 0 bridgehead atoms. The minimum Gasteiger partial charge on any atom is -0.383 e. The highest BCUT2D eigenvalue weighted by Gasteiger charge is 2.07. The summed E-state index contributed by atoms with van der Waals surface area (Å²) in [5.74, 6) is 0.466. The molecular formula is C14H22N2O2S. The van der Waals surface area contributed by atoms with Crippen molar-refractivity contribution in [1.29, 1.82) is 0 Å². The lowest BCUT2D eigenvalue weighted by atomic mass is 10.2. The Morgan fingerprint density at radius 1 is 1.37 bits per heavy atom. The third-order valence-electron chi connectivity index (χ3n) is 2.50. The number of hydrogen-bond acceptors (Lipinski definition) is 4. The number of thioether (sulfide) groups is 1. The van der Waals surface area contributed by atoms with Gasteiger partial charge in [-0.1, -0.05) is 12.1 Å². The molecule has 0 radical (unpaired) electrons. The Morgan fingerprint density at radius 3 is 2.63 bits per heavy atom.